The second-order valence-electron chi connectivity index (χ2n) is 8.12. The van der Waals surface area contributed by atoms with E-state index >= 15 is 0 Å². The average molecular weight is 373 g/mol. The smallest absolute Gasteiger partial charge is 0.222 e. The molecule has 0 aliphatic carbocycles. The molecule has 3 rings (SSSR count). The first-order chi connectivity index (χ1) is 12.8. The molecule has 2 aliphatic heterocycles. The number of likely N-dealkylation sites (tertiary alicyclic amines) is 1. The Balaban J connectivity index is 1.73. The van der Waals surface area contributed by atoms with E-state index in [0.717, 1.165) is 56.8 Å². The molecule has 1 spiro atoms. The van der Waals surface area contributed by atoms with Gasteiger partial charge in [-0.3, -0.25) is 19.4 Å². The van der Waals surface area contributed by atoms with Gasteiger partial charge in [-0.2, -0.15) is 0 Å². The largest absolute Gasteiger partial charge is 0.353 e. The standard InChI is InChI=1S/C21H32N4O2/c1-5-9-25-10-8-21(7-6-20(25)27)16-24(12-11-23(21)4)15-19-13-18(17(2)26)14-22(19)3/h5,13-14H,1,6-12,15-16H2,2-4H3/t21-/m1/s1. The van der Waals surface area contributed by atoms with E-state index in [9.17, 15) is 9.59 Å². The van der Waals surface area contributed by atoms with Crippen molar-refractivity contribution >= 4 is 11.7 Å². The molecular weight excluding hydrogens is 340 g/mol. The third-order valence-corrected chi connectivity index (χ3v) is 6.33. The number of hydrogen-bond donors (Lipinski definition) is 0. The van der Waals surface area contributed by atoms with Crippen molar-refractivity contribution in [2.45, 2.75) is 38.3 Å². The van der Waals surface area contributed by atoms with E-state index in [4.69, 9.17) is 0 Å². The second-order valence-corrected chi connectivity index (χ2v) is 8.12. The Morgan fingerprint density at radius 1 is 1.26 bits per heavy atom. The van der Waals surface area contributed by atoms with E-state index in [-0.39, 0.29) is 17.2 Å². The maximum Gasteiger partial charge on any atom is 0.222 e. The number of nitrogens with zero attached hydrogens (tertiary/aromatic N) is 4. The van der Waals surface area contributed by atoms with Crippen molar-refractivity contribution in [3.63, 3.8) is 0 Å². The summed E-state index contributed by atoms with van der Waals surface area (Å²) >= 11 is 0. The quantitative estimate of drug-likeness (QED) is 0.585. The van der Waals surface area contributed by atoms with Gasteiger partial charge in [-0.15, -0.1) is 6.58 Å². The molecule has 27 heavy (non-hydrogen) atoms. The highest BCUT2D eigenvalue weighted by Gasteiger charge is 2.42. The van der Waals surface area contributed by atoms with Gasteiger partial charge in [-0.05, 0) is 32.9 Å². The summed E-state index contributed by atoms with van der Waals surface area (Å²) in [6.07, 6.45) is 6.23. The van der Waals surface area contributed by atoms with E-state index in [1.165, 1.54) is 0 Å². The maximum atomic E-state index is 12.4. The van der Waals surface area contributed by atoms with Crippen molar-refractivity contribution in [3.8, 4) is 0 Å². The summed E-state index contributed by atoms with van der Waals surface area (Å²) in [6, 6.07) is 2.01. The Morgan fingerprint density at radius 3 is 2.70 bits per heavy atom. The van der Waals surface area contributed by atoms with Crippen molar-refractivity contribution in [3.05, 3.63) is 36.2 Å². The molecule has 1 atom stereocenters. The van der Waals surface area contributed by atoms with Crippen LogP contribution < -0.4 is 0 Å². The number of ketones is 1. The van der Waals surface area contributed by atoms with Crippen LogP contribution in [0.3, 0.4) is 0 Å². The summed E-state index contributed by atoms with van der Waals surface area (Å²) in [4.78, 5) is 31.0. The van der Waals surface area contributed by atoms with E-state index in [1.54, 1.807) is 6.92 Å². The Kier molecular flexibility index (Phi) is 5.86. The van der Waals surface area contributed by atoms with Crippen LogP contribution in [0.2, 0.25) is 0 Å². The van der Waals surface area contributed by atoms with Gasteiger partial charge in [0.1, 0.15) is 0 Å². The minimum Gasteiger partial charge on any atom is -0.353 e. The molecule has 0 bridgehead atoms. The summed E-state index contributed by atoms with van der Waals surface area (Å²) in [6.45, 7) is 10.6. The first kappa shape index (κ1) is 19.8. The van der Waals surface area contributed by atoms with Crippen LogP contribution in [0.4, 0.5) is 0 Å². The Hall–Kier alpha value is -1.92. The predicted molar refractivity (Wildman–Crippen MR) is 107 cm³/mol. The molecular formula is C21H32N4O2. The number of likely N-dealkylation sites (N-methyl/N-ethyl adjacent to an activating group) is 1. The molecule has 0 N–H and O–H groups in total. The van der Waals surface area contributed by atoms with Crippen molar-refractivity contribution in [1.29, 1.82) is 0 Å². The van der Waals surface area contributed by atoms with Crippen molar-refractivity contribution in [2.75, 3.05) is 39.8 Å². The lowest BCUT2D eigenvalue weighted by Gasteiger charge is -2.49. The fraction of sp³-hybridized carbons (Fsp3) is 0.619. The van der Waals surface area contributed by atoms with E-state index in [1.807, 2.05) is 30.3 Å². The van der Waals surface area contributed by atoms with E-state index < -0.39 is 0 Å². The molecule has 6 heteroatoms. The highest BCUT2D eigenvalue weighted by atomic mass is 16.2. The van der Waals surface area contributed by atoms with Crippen LogP contribution >= 0.6 is 0 Å². The first-order valence-corrected chi connectivity index (χ1v) is 9.83. The molecule has 0 aromatic carbocycles. The Morgan fingerprint density at radius 2 is 2.04 bits per heavy atom. The topological polar surface area (TPSA) is 48.8 Å². The molecule has 2 aliphatic rings. The van der Waals surface area contributed by atoms with Crippen molar-refractivity contribution in [2.24, 2.45) is 7.05 Å². The number of carbonyl (C=O) groups is 2. The maximum absolute atomic E-state index is 12.4. The monoisotopic (exact) mass is 372 g/mol. The number of piperazine rings is 1. The molecule has 3 heterocycles. The van der Waals surface area contributed by atoms with Crippen LogP contribution in [-0.4, -0.2) is 76.3 Å². The zero-order chi connectivity index (χ0) is 19.6. The number of Topliss-reactive ketones (excluding diaryl/α,β-unsaturated/α-hetero) is 1. The third kappa shape index (κ3) is 4.17. The van der Waals surface area contributed by atoms with Gasteiger partial charge >= 0.3 is 0 Å². The van der Waals surface area contributed by atoms with Gasteiger partial charge in [0, 0.05) is 75.7 Å². The van der Waals surface area contributed by atoms with Gasteiger partial charge in [0.15, 0.2) is 5.78 Å². The third-order valence-electron chi connectivity index (χ3n) is 6.33. The van der Waals surface area contributed by atoms with Crippen LogP contribution in [0.15, 0.2) is 24.9 Å². The average Bonchev–Trinajstić information content (AvgIpc) is 2.92. The normalized spacial score (nSPS) is 25.0. The number of rotatable bonds is 5. The van der Waals surface area contributed by atoms with Gasteiger partial charge in [0.25, 0.3) is 0 Å². The zero-order valence-electron chi connectivity index (χ0n) is 16.9. The van der Waals surface area contributed by atoms with Crippen LogP contribution in [0.25, 0.3) is 0 Å². The van der Waals surface area contributed by atoms with Gasteiger partial charge in [-0.25, -0.2) is 0 Å². The number of carbonyl (C=O) groups excluding carboxylic acids is 2. The predicted octanol–water partition coefficient (Wildman–Crippen LogP) is 1.91. The molecule has 0 saturated carbocycles. The lowest BCUT2D eigenvalue weighted by Crippen LogP contribution is -2.60. The highest BCUT2D eigenvalue weighted by Crippen LogP contribution is 2.32. The van der Waals surface area contributed by atoms with Gasteiger partial charge < -0.3 is 9.47 Å². The summed E-state index contributed by atoms with van der Waals surface area (Å²) in [7, 11) is 4.20. The molecule has 1 aromatic heterocycles. The van der Waals surface area contributed by atoms with Crippen LogP contribution in [0.1, 0.15) is 42.2 Å². The highest BCUT2D eigenvalue weighted by molar-refractivity contribution is 5.94. The molecule has 0 radical (unpaired) electrons. The second kappa shape index (κ2) is 7.98. The van der Waals surface area contributed by atoms with Gasteiger partial charge in [0.05, 0.1) is 0 Å². The van der Waals surface area contributed by atoms with Crippen molar-refractivity contribution < 1.29 is 9.59 Å². The fourth-order valence-corrected chi connectivity index (χ4v) is 4.45. The molecule has 6 nitrogen and oxygen atoms in total. The fourth-order valence-electron chi connectivity index (χ4n) is 4.45. The lowest BCUT2D eigenvalue weighted by atomic mass is 9.86. The molecule has 1 aromatic rings. The van der Waals surface area contributed by atoms with Crippen LogP contribution in [0, 0.1) is 0 Å². The SMILES string of the molecule is C=CCN1CC[C@]2(CCC1=O)CN(Cc1cc(C(C)=O)cn1C)CCN2C. The van der Waals surface area contributed by atoms with Crippen LogP contribution in [0.5, 0.6) is 0 Å². The summed E-state index contributed by atoms with van der Waals surface area (Å²) in [5.74, 6) is 0.349. The minimum absolute atomic E-state index is 0.0401. The molecule has 2 saturated heterocycles. The van der Waals surface area contributed by atoms with Gasteiger partial charge in [-0.1, -0.05) is 6.08 Å². The van der Waals surface area contributed by atoms with Gasteiger partial charge in [0.2, 0.25) is 5.91 Å². The van der Waals surface area contributed by atoms with Crippen LogP contribution in [-0.2, 0) is 18.4 Å². The Bertz CT molecular complexity index is 726. The summed E-state index contributed by atoms with van der Waals surface area (Å²) < 4.78 is 2.06. The number of aryl methyl sites for hydroxylation is 1. The summed E-state index contributed by atoms with van der Waals surface area (Å²) in [5, 5.41) is 0. The number of aromatic nitrogens is 1. The van der Waals surface area contributed by atoms with E-state index in [2.05, 4.69) is 28.0 Å². The zero-order valence-corrected chi connectivity index (χ0v) is 16.9. The number of amides is 1. The molecule has 1 amide bonds. The molecule has 0 unspecified atom stereocenters. The molecule has 148 valence electrons. The summed E-state index contributed by atoms with van der Waals surface area (Å²) in [5.41, 5.74) is 1.98. The lowest BCUT2D eigenvalue weighted by molar-refractivity contribution is -0.130. The number of hydrogen-bond acceptors (Lipinski definition) is 4. The first-order valence-electron chi connectivity index (χ1n) is 9.83. The molecule has 2 fully saturated rings. The van der Waals surface area contributed by atoms with E-state index in [0.29, 0.717) is 13.0 Å². The minimum atomic E-state index is 0.0401. The Labute approximate surface area is 162 Å². The van der Waals surface area contributed by atoms with Crippen molar-refractivity contribution in [1.82, 2.24) is 19.3 Å².